The Balaban J connectivity index is 1.69. The van der Waals surface area contributed by atoms with Crippen molar-refractivity contribution in [3.63, 3.8) is 0 Å². The topological polar surface area (TPSA) is 97.6 Å². The number of amides is 2. The summed E-state index contributed by atoms with van der Waals surface area (Å²) in [6.07, 6.45) is 2.65. The van der Waals surface area contributed by atoms with Crippen molar-refractivity contribution in [1.29, 1.82) is 0 Å². The normalized spacial score (nSPS) is 13.3. The van der Waals surface area contributed by atoms with Gasteiger partial charge in [0.2, 0.25) is 5.91 Å². The summed E-state index contributed by atoms with van der Waals surface area (Å²) in [4.78, 5) is 39.6. The van der Waals surface area contributed by atoms with Crippen LogP contribution in [0.4, 0.5) is 4.79 Å². The summed E-state index contributed by atoms with van der Waals surface area (Å²) in [7, 11) is 0. The SMILES string of the molecule is CCC(C[C@H](NC(=O)[C@H](CC(C)C)NC(=O)OCc1ccccc1)C(=O)CSCc1ccco1)c1ccccc1. The zero-order valence-corrected chi connectivity index (χ0v) is 24.3. The summed E-state index contributed by atoms with van der Waals surface area (Å²) in [6.45, 7) is 6.14. The van der Waals surface area contributed by atoms with Gasteiger partial charge in [-0.05, 0) is 54.4 Å². The molecule has 3 rings (SSSR count). The van der Waals surface area contributed by atoms with E-state index in [-0.39, 0.29) is 35.9 Å². The van der Waals surface area contributed by atoms with Crippen LogP contribution < -0.4 is 10.6 Å². The van der Waals surface area contributed by atoms with Crippen molar-refractivity contribution in [3.05, 3.63) is 95.9 Å². The van der Waals surface area contributed by atoms with Gasteiger partial charge >= 0.3 is 6.09 Å². The maximum absolute atomic E-state index is 13.5. The summed E-state index contributed by atoms with van der Waals surface area (Å²) in [5.74, 6) is 1.38. The van der Waals surface area contributed by atoms with Gasteiger partial charge in [0.1, 0.15) is 18.4 Å². The molecule has 3 atom stereocenters. The van der Waals surface area contributed by atoms with Gasteiger partial charge in [-0.15, -0.1) is 11.8 Å². The van der Waals surface area contributed by atoms with Gasteiger partial charge in [-0.1, -0.05) is 81.4 Å². The summed E-state index contributed by atoms with van der Waals surface area (Å²) >= 11 is 1.45. The molecule has 8 heteroatoms. The van der Waals surface area contributed by atoms with Crippen molar-refractivity contribution in [2.24, 2.45) is 5.92 Å². The third-order valence-electron chi connectivity index (χ3n) is 6.59. The molecule has 7 nitrogen and oxygen atoms in total. The Bertz CT molecular complexity index is 1170. The van der Waals surface area contributed by atoms with Crippen LogP contribution in [-0.2, 0) is 26.7 Å². The monoisotopic (exact) mass is 564 g/mol. The van der Waals surface area contributed by atoms with Crippen molar-refractivity contribution >= 4 is 29.5 Å². The molecular formula is C32H40N2O5S. The number of rotatable bonds is 16. The maximum Gasteiger partial charge on any atom is 0.408 e. The number of ether oxygens (including phenoxy) is 1. The first-order chi connectivity index (χ1) is 19.4. The summed E-state index contributed by atoms with van der Waals surface area (Å²) in [6, 6.07) is 21.6. The molecule has 1 heterocycles. The van der Waals surface area contributed by atoms with Crippen LogP contribution in [0.15, 0.2) is 83.5 Å². The van der Waals surface area contributed by atoms with E-state index in [2.05, 4.69) is 29.7 Å². The van der Waals surface area contributed by atoms with E-state index in [1.165, 1.54) is 11.8 Å². The molecule has 214 valence electrons. The molecule has 0 aliphatic carbocycles. The van der Waals surface area contributed by atoms with E-state index in [1.54, 1.807) is 6.26 Å². The second-order valence-electron chi connectivity index (χ2n) is 10.2. The van der Waals surface area contributed by atoms with Crippen LogP contribution in [-0.4, -0.2) is 35.6 Å². The number of benzene rings is 2. The van der Waals surface area contributed by atoms with Crippen molar-refractivity contribution in [1.82, 2.24) is 10.6 Å². The number of nitrogens with one attached hydrogen (secondary N) is 2. The Hall–Kier alpha value is -3.52. The quantitative estimate of drug-likeness (QED) is 0.206. The number of ketones is 1. The van der Waals surface area contributed by atoms with Gasteiger partial charge in [-0.2, -0.15) is 0 Å². The van der Waals surface area contributed by atoms with Crippen LogP contribution in [0.5, 0.6) is 0 Å². The van der Waals surface area contributed by atoms with Crippen molar-refractivity contribution in [2.75, 3.05) is 5.75 Å². The molecule has 2 N–H and O–H groups in total. The standard InChI is InChI=1S/C32H40N2O5S/c1-4-25(26-14-9-6-10-15-26)19-28(30(35)22-40-21-27-16-11-17-38-27)33-31(36)29(18-23(2)3)34-32(37)39-20-24-12-7-5-8-13-24/h5-17,23,25,28-29H,4,18-22H2,1-3H3,(H,33,36)(H,34,37)/t25?,28-,29-/m0/s1. The fraction of sp³-hybridized carbons (Fsp3) is 0.406. The molecule has 2 aromatic carbocycles. The summed E-state index contributed by atoms with van der Waals surface area (Å²) in [5, 5.41) is 5.71. The highest BCUT2D eigenvalue weighted by molar-refractivity contribution is 7.99. The predicted molar refractivity (Wildman–Crippen MR) is 159 cm³/mol. The molecular weight excluding hydrogens is 524 g/mol. The minimum atomic E-state index is -0.828. The number of furan rings is 1. The number of Topliss-reactive ketones (excluding diaryl/α,β-unsaturated/α-hetero) is 1. The van der Waals surface area contributed by atoms with Gasteiger partial charge in [0.05, 0.1) is 23.8 Å². The van der Waals surface area contributed by atoms with Gasteiger partial charge in [0.25, 0.3) is 0 Å². The zero-order chi connectivity index (χ0) is 28.7. The number of thioether (sulfide) groups is 1. The molecule has 1 unspecified atom stereocenters. The second kappa shape index (κ2) is 16.6. The minimum Gasteiger partial charge on any atom is -0.468 e. The molecule has 0 saturated carbocycles. The number of carbonyl (C=O) groups excluding carboxylic acids is 3. The molecule has 40 heavy (non-hydrogen) atoms. The van der Waals surface area contributed by atoms with Crippen LogP contribution in [0.25, 0.3) is 0 Å². The van der Waals surface area contributed by atoms with E-state index >= 15 is 0 Å². The summed E-state index contributed by atoms with van der Waals surface area (Å²) < 4.78 is 10.7. The first kappa shape index (κ1) is 31.0. The van der Waals surface area contributed by atoms with Gasteiger partial charge in [0, 0.05) is 0 Å². The fourth-order valence-electron chi connectivity index (χ4n) is 4.45. The van der Waals surface area contributed by atoms with Crippen LogP contribution >= 0.6 is 11.8 Å². The van der Waals surface area contributed by atoms with Crippen LogP contribution in [0, 0.1) is 5.92 Å². The number of hydrogen-bond acceptors (Lipinski definition) is 6. The van der Waals surface area contributed by atoms with Gasteiger partial charge in [-0.3, -0.25) is 9.59 Å². The lowest BCUT2D eigenvalue weighted by Crippen LogP contribution is -2.52. The molecule has 0 radical (unpaired) electrons. The fourth-order valence-corrected chi connectivity index (χ4v) is 5.32. The Morgan fingerprint density at radius 2 is 1.57 bits per heavy atom. The summed E-state index contributed by atoms with van der Waals surface area (Å²) in [5.41, 5.74) is 1.98. The lowest BCUT2D eigenvalue weighted by molar-refractivity contribution is -0.128. The molecule has 2 amide bonds. The molecule has 0 bridgehead atoms. The van der Waals surface area contributed by atoms with Gasteiger partial charge < -0.3 is 19.8 Å². The van der Waals surface area contributed by atoms with Gasteiger partial charge in [0.15, 0.2) is 5.78 Å². The van der Waals surface area contributed by atoms with Crippen LogP contribution in [0.2, 0.25) is 0 Å². The smallest absolute Gasteiger partial charge is 0.408 e. The molecule has 1 aromatic heterocycles. The Morgan fingerprint density at radius 1 is 0.875 bits per heavy atom. The predicted octanol–water partition coefficient (Wildman–Crippen LogP) is 6.49. The molecule has 0 aliphatic heterocycles. The lowest BCUT2D eigenvalue weighted by atomic mass is 9.88. The first-order valence-corrected chi connectivity index (χ1v) is 15.0. The zero-order valence-electron chi connectivity index (χ0n) is 23.5. The Labute approximate surface area is 241 Å². The average molecular weight is 565 g/mol. The number of hydrogen-bond donors (Lipinski definition) is 2. The third-order valence-corrected chi connectivity index (χ3v) is 7.56. The van der Waals surface area contributed by atoms with E-state index in [0.29, 0.717) is 18.6 Å². The minimum absolute atomic E-state index is 0.0609. The van der Waals surface area contributed by atoms with Crippen molar-refractivity contribution in [2.45, 2.75) is 70.4 Å². The molecule has 0 saturated heterocycles. The molecule has 3 aromatic rings. The van der Waals surface area contributed by atoms with Gasteiger partial charge in [-0.25, -0.2) is 4.79 Å². The van der Waals surface area contributed by atoms with E-state index in [4.69, 9.17) is 9.15 Å². The van der Waals surface area contributed by atoms with E-state index in [1.807, 2.05) is 74.5 Å². The third kappa shape index (κ3) is 10.6. The molecule has 0 fully saturated rings. The average Bonchev–Trinajstić information content (AvgIpc) is 3.48. The number of carbonyl (C=O) groups is 3. The van der Waals surface area contributed by atoms with E-state index < -0.39 is 18.2 Å². The van der Waals surface area contributed by atoms with Crippen molar-refractivity contribution < 1.29 is 23.5 Å². The molecule has 0 aliphatic rings. The second-order valence-corrected chi connectivity index (χ2v) is 11.2. The first-order valence-electron chi connectivity index (χ1n) is 13.8. The molecule has 0 spiro atoms. The highest BCUT2D eigenvalue weighted by Gasteiger charge is 2.29. The maximum atomic E-state index is 13.5. The number of alkyl carbamates (subject to hydrolysis) is 1. The van der Waals surface area contributed by atoms with E-state index in [0.717, 1.165) is 23.3 Å². The van der Waals surface area contributed by atoms with Crippen molar-refractivity contribution in [3.8, 4) is 0 Å². The Kier molecular flexibility index (Phi) is 12.8. The highest BCUT2D eigenvalue weighted by atomic mass is 32.2. The Morgan fingerprint density at radius 3 is 2.20 bits per heavy atom. The van der Waals surface area contributed by atoms with E-state index in [9.17, 15) is 14.4 Å². The van der Waals surface area contributed by atoms with Crippen LogP contribution in [0.3, 0.4) is 0 Å². The van der Waals surface area contributed by atoms with Crippen LogP contribution in [0.1, 0.15) is 62.8 Å². The largest absolute Gasteiger partial charge is 0.468 e. The lowest BCUT2D eigenvalue weighted by Gasteiger charge is -2.26. The highest BCUT2D eigenvalue weighted by Crippen LogP contribution is 2.26.